The molecule has 184 valence electrons. The highest BCUT2D eigenvalue weighted by atomic mass is 35.5. The Morgan fingerprint density at radius 3 is 2.79 bits per heavy atom. The fourth-order valence-electron chi connectivity index (χ4n) is 3.87. The number of halogens is 2. The van der Waals surface area contributed by atoms with Gasteiger partial charge in [-0.3, -0.25) is 9.63 Å². The second-order valence-corrected chi connectivity index (χ2v) is 8.81. The third-order valence-electron chi connectivity index (χ3n) is 5.84. The van der Waals surface area contributed by atoms with Crippen LogP contribution in [0.1, 0.15) is 55.5 Å². The van der Waals surface area contributed by atoms with Crippen molar-refractivity contribution in [3.05, 3.63) is 52.6 Å². The van der Waals surface area contributed by atoms with E-state index in [2.05, 4.69) is 29.6 Å². The highest BCUT2D eigenvalue weighted by Gasteiger charge is 2.23. The van der Waals surface area contributed by atoms with Gasteiger partial charge in [-0.25, -0.2) is 14.9 Å². The molecule has 9 heteroatoms. The summed E-state index contributed by atoms with van der Waals surface area (Å²) >= 11 is 6.35. The predicted molar refractivity (Wildman–Crippen MR) is 133 cm³/mol. The summed E-state index contributed by atoms with van der Waals surface area (Å²) in [5.41, 5.74) is 4.37. The molecule has 1 amide bonds. The molecule has 0 bridgehead atoms. The van der Waals surface area contributed by atoms with Crippen LogP contribution >= 0.6 is 11.6 Å². The van der Waals surface area contributed by atoms with Crippen molar-refractivity contribution < 1.29 is 19.1 Å². The highest BCUT2D eigenvalue weighted by Crippen LogP contribution is 2.34. The fourth-order valence-corrected chi connectivity index (χ4v) is 4.16. The average molecular weight is 491 g/mol. The molecule has 3 rings (SSSR count). The number of aryl methyl sites for hydroxylation is 1. The molecule has 1 heterocycles. The minimum Gasteiger partial charge on any atom is -0.394 e. The Kier molecular flexibility index (Phi) is 9.27. The lowest BCUT2D eigenvalue weighted by Crippen LogP contribution is -2.26. The third kappa shape index (κ3) is 6.05. The number of carbonyl (C=O) groups is 1. The molecule has 0 aliphatic carbocycles. The summed E-state index contributed by atoms with van der Waals surface area (Å²) in [6.45, 7) is 6.54. The number of carbonyl (C=O) groups excluding carboxylic acids is 1. The van der Waals surface area contributed by atoms with Gasteiger partial charge < -0.3 is 15.0 Å². The second-order valence-electron chi connectivity index (χ2n) is 8.41. The van der Waals surface area contributed by atoms with Crippen LogP contribution in [-0.2, 0) is 11.4 Å². The van der Waals surface area contributed by atoms with Crippen LogP contribution in [0.15, 0.2) is 30.6 Å². The van der Waals surface area contributed by atoms with Crippen LogP contribution < -0.4 is 10.8 Å². The summed E-state index contributed by atoms with van der Waals surface area (Å²) in [5.74, 6) is -0.873. The van der Waals surface area contributed by atoms with Crippen LogP contribution in [0, 0.1) is 18.7 Å². The molecule has 0 saturated heterocycles. The summed E-state index contributed by atoms with van der Waals surface area (Å²) in [6.07, 6.45) is 5.93. The summed E-state index contributed by atoms with van der Waals surface area (Å²) in [4.78, 5) is 22.2. The number of aliphatic hydroxyl groups excluding tert-OH is 1. The number of benzene rings is 2. The zero-order chi connectivity index (χ0) is 24.7. The first-order chi connectivity index (χ1) is 16.4. The molecule has 1 aromatic heterocycles. The zero-order valence-electron chi connectivity index (χ0n) is 19.8. The Hall–Kier alpha value is -2.68. The lowest BCUT2D eigenvalue weighted by Gasteiger charge is -2.18. The molecule has 0 saturated carbocycles. The summed E-state index contributed by atoms with van der Waals surface area (Å²) in [7, 11) is 0. The first kappa shape index (κ1) is 25.9. The number of aromatic nitrogens is 2. The van der Waals surface area contributed by atoms with E-state index >= 15 is 4.39 Å². The van der Waals surface area contributed by atoms with E-state index < -0.39 is 11.7 Å². The monoisotopic (exact) mass is 490 g/mol. The van der Waals surface area contributed by atoms with E-state index in [0.717, 1.165) is 31.2 Å². The van der Waals surface area contributed by atoms with Crippen molar-refractivity contribution in [1.29, 1.82) is 0 Å². The molecule has 0 aliphatic heterocycles. The van der Waals surface area contributed by atoms with Crippen molar-refractivity contribution in [1.82, 2.24) is 15.0 Å². The number of amides is 1. The molecular formula is C25H32ClFN4O3. The minimum absolute atomic E-state index is 0.0444. The maximum absolute atomic E-state index is 15.8. The van der Waals surface area contributed by atoms with E-state index in [1.807, 2.05) is 17.6 Å². The van der Waals surface area contributed by atoms with Crippen LogP contribution in [0.25, 0.3) is 11.0 Å². The van der Waals surface area contributed by atoms with Gasteiger partial charge in [0.1, 0.15) is 5.52 Å². The van der Waals surface area contributed by atoms with Crippen LogP contribution in [0.3, 0.4) is 0 Å². The molecule has 3 N–H and O–H groups in total. The van der Waals surface area contributed by atoms with E-state index in [9.17, 15) is 4.79 Å². The molecule has 3 aromatic rings. The number of anilines is 2. The van der Waals surface area contributed by atoms with Crippen molar-refractivity contribution in [2.45, 2.75) is 53.0 Å². The zero-order valence-corrected chi connectivity index (χ0v) is 20.6. The number of hydrogen-bond donors (Lipinski definition) is 3. The van der Waals surface area contributed by atoms with Gasteiger partial charge in [-0.1, -0.05) is 50.8 Å². The first-order valence-corrected chi connectivity index (χ1v) is 12.0. The number of hydroxylamine groups is 1. The van der Waals surface area contributed by atoms with Crippen LogP contribution in [0.2, 0.25) is 5.02 Å². The molecule has 1 atom stereocenters. The van der Waals surface area contributed by atoms with Gasteiger partial charge in [0, 0.05) is 6.54 Å². The summed E-state index contributed by atoms with van der Waals surface area (Å²) in [5, 5.41) is 12.3. The summed E-state index contributed by atoms with van der Waals surface area (Å²) < 4.78 is 17.7. The standard InChI is InChI=1S/C25H32ClFN4O3/c1-4-6-7-17(5-2)14-31-15-28-24-21(31)13-18(25(33)30-34-11-10-32)23(22(24)27)29-20-9-8-16(3)12-19(20)26/h8-9,12-13,15,17,29,32H,4-7,10-11,14H2,1-3H3,(H,30,33). The number of nitrogens with one attached hydrogen (secondary N) is 2. The third-order valence-corrected chi connectivity index (χ3v) is 6.15. The molecule has 0 fully saturated rings. The van der Waals surface area contributed by atoms with Crippen LogP contribution in [-0.4, -0.2) is 33.8 Å². The van der Waals surface area contributed by atoms with Crippen molar-refractivity contribution in [3.8, 4) is 0 Å². The van der Waals surface area contributed by atoms with Crippen molar-refractivity contribution in [2.24, 2.45) is 5.92 Å². The Morgan fingerprint density at radius 2 is 2.12 bits per heavy atom. The molecular weight excluding hydrogens is 459 g/mol. The number of nitrogens with zero attached hydrogens (tertiary/aromatic N) is 2. The first-order valence-electron chi connectivity index (χ1n) is 11.6. The van der Waals surface area contributed by atoms with E-state index in [4.69, 9.17) is 21.5 Å². The van der Waals surface area contributed by atoms with E-state index in [-0.39, 0.29) is 30.0 Å². The second kappa shape index (κ2) is 12.1. The van der Waals surface area contributed by atoms with E-state index in [0.29, 0.717) is 28.7 Å². The Morgan fingerprint density at radius 1 is 1.32 bits per heavy atom. The maximum atomic E-state index is 15.8. The number of fused-ring (bicyclic) bond motifs is 1. The predicted octanol–water partition coefficient (Wildman–Crippen LogP) is 5.75. The molecule has 0 aliphatic rings. The van der Waals surface area contributed by atoms with Gasteiger partial charge in [-0.2, -0.15) is 0 Å². The van der Waals surface area contributed by atoms with Gasteiger partial charge >= 0.3 is 0 Å². The Labute approximate surface area is 204 Å². The minimum atomic E-state index is -0.651. The molecule has 2 aromatic carbocycles. The topological polar surface area (TPSA) is 88.4 Å². The van der Waals surface area contributed by atoms with Gasteiger partial charge in [0.2, 0.25) is 0 Å². The van der Waals surface area contributed by atoms with Crippen molar-refractivity contribution >= 4 is 39.9 Å². The van der Waals surface area contributed by atoms with Crippen molar-refractivity contribution in [2.75, 3.05) is 18.5 Å². The number of imidazole rings is 1. The smallest absolute Gasteiger partial charge is 0.277 e. The number of aliphatic hydroxyl groups is 1. The number of hydrogen-bond acceptors (Lipinski definition) is 5. The molecule has 7 nitrogen and oxygen atoms in total. The molecule has 1 unspecified atom stereocenters. The van der Waals surface area contributed by atoms with E-state index in [1.165, 1.54) is 0 Å². The quantitative estimate of drug-likeness (QED) is 0.222. The van der Waals surface area contributed by atoms with Gasteiger partial charge in [0.15, 0.2) is 5.82 Å². The Bertz CT molecular complexity index is 1140. The SMILES string of the molecule is CCCCC(CC)Cn1cnc2c(F)c(Nc3ccc(C)cc3Cl)c(C(=O)NOCCO)cc21. The lowest BCUT2D eigenvalue weighted by molar-refractivity contribution is 0.0169. The van der Waals surface area contributed by atoms with Crippen LogP contribution in [0.5, 0.6) is 0 Å². The lowest BCUT2D eigenvalue weighted by atomic mass is 9.99. The van der Waals surface area contributed by atoms with E-state index in [1.54, 1.807) is 24.5 Å². The van der Waals surface area contributed by atoms with Crippen molar-refractivity contribution in [3.63, 3.8) is 0 Å². The number of rotatable bonds is 12. The normalized spacial score (nSPS) is 12.2. The summed E-state index contributed by atoms with van der Waals surface area (Å²) in [6, 6.07) is 6.93. The molecule has 34 heavy (non-hydrogen) atoms. The average Bonchev–Trinajstić information content (AvgIpc) is 3.22. The molecule has 0 radical (unpaired) electrons. The maximum Gasteiger partial charge on any atom is 0.277 e. The van der Waals surface area contributed by atoms with Gasteiger partial charge in [0.05, 0.1) is 47.0 Å². The highest BCUT2D eigenvalue weighted by molar-refractivity contribution is 6.33. The van der Waals surface area contributed by atoms with Crippen LogP contribution in [0.4, 0.5) is 15.8 Å². The van der Waals surface area contributed by atoms with Gasteiger partial charge in [0.25, 0.3) is 5.91 Å². The largest absolute Gasteiger partial charge is 0.394 e. The van der Waals surface area contributed by atoms with Gasteiger partial charge in [-0.15, -0.1) is 0 Å². The number of unbranched alkanes of at least 4 members (excludes halogenated alkanes) is 1. The Balaban J connectivity index is 2.05. The fraction of sp³-hybridized carbons (Fsp3) is 0.440. The van der Waals surface area contributed by atoms with Gasteiger partial charge in [-0.05, 0) is 43.0 Å². The molecule has 0 spiro atoms.